The van der Waals surface area contributed by atoms with Crippen LogP contribution in [0.5, 0.6) is 5.75 Å². The van der Waals surface area contributed by atoms with Crippen molar-refractivity contribution in [3.8, 4) is 5.75 Å². The number of carbonyl (C=O) groups excluding carboxylic acids is 1. The molecule has 27 heavy (non-hydrogen) atoms. The van der Waals surface area contributed by atoms with Crippen LogP contribution in [0.2, 0.25) is 0 Å². The van der Waals surface area contributed by atoms with Gasteiger partial charge in [0.25, 0.3) is 5.91 Å². The zero-order valence-corrected chi connectivity index (χ0v) is 15.1. The Hall–Kier alpha value is -3.15. The van der Waals surface area contributed by atoms with Gasteiger partial charge in [0, 0.05) is 24.1 Å². The third-order valence-electron chi connectivity index (χ3n) is 3.97. The summed E-state index contributed by atoms with van der Waals surface area (Å²) in [7, 11) is 0. The maximum absolute atomic E-state index is 13.6. The lowest BCUT2D eigenvalue weighted by molar-refractivity contribution is 0.0955. The van der Waals surface area contributed by atoms with Crippen LogP contribution in [0, 0.1) is 5.82 Å². The molecule has 0 saturated heterocycles. The minimum Gasteiger partial charge on any atom is -0.491 e. The monoisotopic (exact) mass is 369 g/mol. The Kier molecular flexibility index (Phi) is 5.54. The van der Waals surface area contributed by atoms with Crippen molar-refractivity contribution in [3.63, 3.8) is 0 Å². The molecule has 0 aliphatic carbocycles. The van der Waals surface area contributed by atoms with Crippen LogP contribution in [0.25, 0.3) is 11.0 Å². The molecule has 3 aromatic rings. The smallest absolute Gasteiger partial charge is 0.337 e. The maximum Gasteiger partial charge on any atom is 0.337 e. The van der Waals surface area contributed by atoms with Gasteiger partial charge < -0.3 is 14.5 Å². The van der Waals surface area contributed by atoms with Gasteiger partial charge in [-0.25, -0.2) is 9.18 Å². The summed E-state index contributed by atoms with van der Waals surface area (Å²) in [4.78, 5) is 24.4. The highest BCUT2D eigenvalue weighted by atomic mass is 19.1. The van der Waals surface area contributed by atoms with Crippen LogP contribution in [-0.2, 0) is 6.42 Å². The van der Waals surface area contributed by atoms with E-state index in [1.165, 1.54) is 6.07 Å². The van der Waals surface area contributed by atoms with Crippen molar-refractivity contribution in [2.24, 2.45) is 0 Å². The zero-order chi connectivity index (χ0) is 19.4. The lowest BCUT2D eigenvalue weighted by Crippen LogP contribution is -2.27. The average molecular weight is 369 g/mol. The number of hydrogen-bond donors (Lipinski definition) is 1. The molecule has 0 unspecified atom stereocenters. The molecule has 1 aromatic heterocycles. The van der Waals surface area contributed by atoms with Crippen molar-refractivity contribution >= 4 is 16.9 Å². The molecule has 2 aromatic carbocycles. The van der Waals surface area contributed by atoms with Crippen molar-refractivity contribution < 1.29 is 18.3 Å². The minimum absolute atomic E-state index is 0.0287. The second-order valence-electron chi connectivity index (χ2n) is 6.40. The maximum atomic E-state index is 13.6. The Morgan fingerprint density at radius 3 is 2.70 bits per heavy atom. The summed E-state index contributed by atoms with van der Waals surface area (Å²) in [6.07, 6.45) is 0.323. The van der Waals surface area contributed by atoms with E-state index in [2.05, 4.69) is 5.32 Å². The van der Waals surface area contributed by atoms with Gasteiger partial charge in [0.2, 0.25) is 0 Å². The van der Waals surface area contributed by atoms with Gasteiger partial charge in [-0.05, 0) is 44.0 Å². The summed E-state index contributed by atoms with van der Waals surface area (Å²) in [5.41, 5.74) is 0.389. The molecule has 0 atom stereocenters. The highest BCUT2D eigenvalue weighted by molar-refractivity contribution is 6.05. The van der Waals surface area contributed by atoms with Gasteiger partial charge in [0.05, 0.1) is 11.7 Å². The summed E-state index contributed by atoms with van der Waals surface area (Å²) in [6.45, 7) is 4.02. The third kappa shape index (κ3) is 4.53. The van der Waals surface area contributed by atoms with Crippen LogP contribution in [0.4, 0.5) is 4.39 Å². The Morgan fingerprint density at radius 2 is 1.96 bits per heavy atom. The molecule has 0 bridgehead atoms. The predicted octanol–water partition coefficient (Wildman–Crippen LogP) is 3.69. The van der Waals surface area contributed by atoms with Crippen LogP contribution in [0.1, 0.15) is 29.8 Å². The SMILES string of the molecule is CC(C)Oc1ccc2c(C(=O)NCCc3ccccc3F)cc(=O)oc2c1. The Balaban J connectivity index is 1.79. The van der Waals surface area contributed by atoms with Gasteiger partial charge in [-0.15, -0.1) is 0 Å². The normalized spacial score (nSPS) is 11.0. The largest absolute Gasteiger partial charge is 0.491 e. The quantitative estimate of drug-likeness (QED) is 0.673. The molecular weight excluding hydrogens is 349 g/mol. The van der Waals surface area contributed by atoms with E-state index in [4.69, 9.17) is 9.15 Å². The van der Waals surface area contributed by atoms with Gasteiger partial charge in [0.1, 0.15) is 17.1 Å². The van der Waals surface area contributed by atoms with Crippen LogP contribution in [0.15, 0.2) is 57.7 Å². The summed E-state index contributed by atoms with van der Waals surface area (Å²) < 4.78 is 24.4. The zero-order valence-electron chi connectivity index (χ0n) is 15.1. The van der Waals surface area contributed by atoms with Crippen LogP contribution in [0.3, 0.4) is 0 Å². The van der Waals surface area contributed by atoms with E-state index in [1.807, 2.05) is 13.8 Å². The van der Waals surface area contributed by atoms with Gasteiger partial charge in [-0.3, -0.25) is 4.79 Å². The number of ether oxygens (including phenoxy) is 1. The number of hydrogen-bond acceptors (Lipinski definition) is 4. The molecule has 0 aliphatic heterocycles. The second kappa shape index (κ2) is 8.03. The molecule has 0 saturated carbocycles. The van der Waals surface area contributed by atoms with E-state index in [-0.39, 0.29) is 29.6 Å². The van der Waals surface area contributed by atoms with Gasteiger partial charge in [-0.1, -0.05) is 18.2 Å². The molecule has 1 N–H and O–H groups in total. The van der Waals surface area contributed by atoms with Gasteiger partial charge in [0.15, 0.2) is 0 Å². The van der Waals surface area contributed by atoms with Crippen molar-refractivity contribution in [1.82, 2.24) is 5.32 Å². The first-order chi connectivity index (χ1) is 12.9. The van der Waals surface area contributed by atoms with E-state index in [0.717, 1.165) is 6.07 Å². The number of carbonyl (C=O) groups is 1. The first-order valence-electron chi connectivity index (χ1n) is 8.70. The molecule has 0 spiro atoms. The molecule has 1 heterocycles. The fourth-order valence-electron chi connectivity index (χ4n) is 2.78. The topological polar surface area (TPSA) is 68.5 Å². The Bertz CT molecular complexity index is 1030. The molecule has 0 aliphatic rings. The second-order valence-corrected chi connectivity index (χ2v) is 6.40. The first kappa shape index (κ1) is 18.6. The molecule has 6 heteroatoms. The number of nitrogens with one attached hydrogen (secondary N) is 1. The van der Waals surface area contributed by atoms with Crippen LogP contribution >= 0.6 is 0 Å². The van der Waals surface area contributed by atoms with Gasteiger partial charge in [-0.2, -0.15) is 0 Å². The van der Waals surface area contributed by atoms with E-state index >= 15 is 0 Å². The summed E-state index contributed by atoms with van der Waals surface area (Å²) in [5.74, 6) is -0.172. The minimum atomic E-state index is -0.622. The first-order valence-corrected chi connectivity index (χ1v) is 8.70. The summed E-state index contributed by atoms with van der Waals surface area (Å²) >= 11 is 0. The molecule has 3 rings (SSSR count). The highest BCUT2D eigenvalue weighted by Crippen LogP contribution is 2.23. The number of fused-ring (bicyclic) bond motifs is 1. The van der Waals surface area contributed by atoms with E-state index in [1.54, 1.807) is 36.4 Å². The number of halogens is 1. The molecule has 140 valence electrons. The lowest BCUT2D eigenvalue weighted by atomic mass is 10.1. The molecule has 1 amide bonds. The van der Waals surface area contributed by atoms with Crippen molar-refractivity contribution in [2.45, 2.75) is 26.4 Å². The summed E-state index contributed by atoms with van der Waals surface area (Å²) in [5, 5.41) is 3.23. The lowest BCUT2D eigenvalue weighted by Gasteiger charge is -2.11. The molecule has 0 fully saturated rings. The van der Waals surface area contributed by atoms with E-state index in [0.29, 0.717) is 23.1 Å². The third-order valence-corrected chi connectivity index (χ3v) is 3.97. The Labute approximate surface area is 155 Å². The van der Waals surface area contributed by atoms with Crippen molar-refractivity contribution in [2.75, 3.05) is 6.54 Å². The Morgan fingerprint density at radius 1 is 1.19 bits per heavy atom. The number of rotatable bonds is 6. The van der Waals surface area contributed by atoms with Crippen LogP contribution < -0.4 is 15.7 Å². The molecule has 0 radical (unpaired) electrons. The van der Waals surface area contributed by atoms with E-state index < -0.39 is 11.5 Å². The molecular formula is C21H20FNO4. The van der Waals surface area contributed by atoms with Crippen molar-refractivity contribution in [3.05, 3.63) is 75.9 Å². The number of benzene rings is 2. The standard InChI is InChI=1S/C21H20FNO4/c1-13(2)26-15-7-8-16-17(12-20(24)27-19(16)11-15)21(25)23-10-9-14-5-3-4-6-18(14)22/h3-8,11-13H,9-10H2,1-2H3,(H,23,25). The fourth-order valence-corrected chi connectivity index (χ4v) is 2.78. The van der Waals surface area contributed by atoms with E-state index in [9.17, 15) is 14.0 Å². The highest BCUT2D eigenvalue weighted by Gasteiger charge is 2.14. The van der Waals surface area contributed by atoms with Gasteiger partial charge >= 0.3 is 5.63 Å². The average Bonchev–Trinajstić information content (AvgIpc) is 2.61. The number of amides is 1. The summed E-state index contributed by atoms with van der Waals surface area (Å²) in [6, 6.07) is 12.6. The molecule has 5 nitrogen and oxygen atoms in total. The fraction of sp³-hybridized carbons (Fsp3) is 0.238. The van der Waals surface area contributed by atoms with Crippen LogP contribution in [-0.4, -0.2) is 18.6 Å². The van der Waals surface area contributed by atoms with Crippen molar-refractivity contribution in [1.29, 1.82) is 0 Å². The predicted molar refractivity (Wildman–Crippen MR) is 101 cm³/mol.